The number of rotatable bonds is 21. The standard InChI is InChI=1S/C22H36N6O10/c29-15(23-9-17(31)25-11-19(33)27-13-21(35)36)7-5-3-1-2-4-6-8-16(30)24-10-18(32)26-12-20(34)28-14-22(37)38/h1-14H2,(H,23,29)(H,24,30)(H,25,31)(H,26,32)(H,27,33)(H,28,34)(H,35,36)(H,37,38). The summed E-state index contributed by atoms with van der Waals surface area (Å²) in [5.41, 5.74) is 0. The number of hydrogen-bond acceptors (Lipinski definition) is 8. The first kappa shape index (κ1) is 33.8. The van der Waals surface area contributed by atoms with Crippen molar-refractivity contribution in [1.29, 1.82) is 0 Å². The summed E-state index contributed by atoms with van der Waals surface area (Å²) < 4.78 is 0. The normalized spacial score (nSPS) is 10.0. The summed E-state index contributed by atoms with van der Waals surface area (Å²) in [6, 6.07) is 0. The molecule has 0 aromatic heterocycles. The van der Waals surface area contributed by atoms with E-state index in [2.05, 4.69) is 31.9 Å². The van der Waals surface area contributed by atoms with Crippen LogP contribution in [0.25, 0.3) is 0 Å². The molecule has 0 spiro atoms. The molecule has 214 valence electrons. The Kier molecular flexibility index (Phi) is 18.6. The first-order valence-electron chi connectivity index (χ1n) is 12.0. The summed E-state index contributed by atoms with van der Waals surface area (Å²) >= 11 is 0. The largest absolute Gasteiger partial charge is 0.480 e. The highest BCUT2D eigenvalue weighted by Gasteiger charge is 2.10. The molecule has 16 nitrogen and oxygen atoms in total. The molecule has 6 amide bonds. The molecule has 0 atom stereocenters. The second-order valence-electron chi connectivity index (χ2n) is 8.07. The van der Waals surface area contributed by atoms with Gasteiger partial charge in [0.2, 0.25) is 35.4 Å². The number of carboxylic acid groups (broad SMARTS) is 2. The SMILES string of the molecule is O=C(O)CNC(=O)CNC(=O)CNC(=O)CCCCCCCCC(=O)NCC(=O)NCC(=O)NCC(=O)O. The van der Waals surface area contributed by atoms with Crippen LogP contribution in [0.2, 0.25) is 0 Å². The smallest absolute Gasteiger partial charge is 0.322 e. The number of nitrogens with one attached hydrogen (secondary N) is 6. The fraction of sp³-hybridized carbons (Fsp3) is 0.636. The van der Waals surface area contributed by atoms with Crippen LogP contribution in [0.5, 0.6) is 0 Å². The van der Waals surface area contributed by atoms with E-state index < -0.39 is 61.7 Å². The van der Waals surface area contributed by atoms with Crippen LogP contribution in [-0.4, -0.2) is 96.9 Å². The maximum atomic E-state index is 11.8. The van der Waals surface area contributed by atoms with Gasteiger partial charge in [-0.3, -0.25) is 38.4 Å². The maximum Gasteiger partial charge on any atom is 0.322 e. The molecule has 0 fully saturated rings. The third-order valence-electron chi connectivity index (χ3n) is 4.72. The Balaban J connectivity index is 3.64. The minimum absolute atomic E-state index is 0.234. The van der Waals surface area contributed by atoms with Gasteiger partial charge in [-0.05, 0) is 12.8 Å². The van der Waals surface area contributed by atoms with Crippen LogP contribution < -0.4 is 31.9 Å². The van der Waals surface area contributed by atoms with Crippen LogP contribution in [0, 0.1) is 0 Å². The Morgan fingerprint density at radius 3 is 0.868 bits per heavy atom. The third-order valence-corrected chi connectivity index (χ3v) is 4.72. The molecule has 0 aliphatic carbocycles. The van der Waals surface area contributed by atoms with Crippen LogP contribution in [0.3, 0.4) is 0 Å². The van der Waals surface area contributed by atoms with Crippen LogP contribution in [-0.2, 0) is 38.4 Å². The van der Waals surface area contributed by atoms with Crippen LogP contribution >= 0.6 is 0 Å². The molecule has 0 saturated heterocycles. The van der Waals surface area contributed by atoms with Gasteiger partial charge in [0.25, 0.3) is 0 Å². The lowest BCUT2D eigenvalue weighted by Crippen LogP contribution is -2.42. The minimum atomic E-state index is -1.21. The Hall–Kier alpha value is -4.24. The van der Waals surface area contributed by atoms with Gasteiger partial charge in [-0.25, -0.2) is 0 Å². The van der Waals surface area contributed by atoms with E-state index in [1.165, 1.54) is 0 Å². The average molecular weight is 545 g/mol. The predicted octanol–water partition coefficient (Wildman–Crippen LogP) is -3.03. The van der Waals surface area contributed by atoms with Crippen molar-refractivity contribution in [3.8, 4) is 0 Å². The fourth-order valence-corrected chi connectivity index (χ4v) is 2.77. The molecule has 0 aromatic carbocycles. The second kappa shape index (κ2) is 20.9. The second-order valence-corrected chi connectivity index (χ2v) is 8.07. The molecule has 0 aromatic rings. The molecule has 0 unspecified atom stereocenters. The van der Waals surface area contributed by atoms with Gasteiger partial charge in [0.05, 0.1) is 26.2 Å². The molecule has 0 saturated carbocycles. The molecule has 38 heavy (non-hydrogen) atoms. The number of aliphatic carboxylic acids is 2. The van der Waals surface area contributed by atoms with Crippen molar-refractivity contribution < 1.29 is 48.6 Å². The third kappa shape index (κ3) is 22.2. The van der Waals surface area contributed by atoms with Crippen molar-refractivity contribution in [1.82, 2.24) is 31.9 Å². The van der Waals surface area contributed by atoms with Crippen molar-refractivity contribution in [3.63, 3.8) is 0 Å². The van der Waals surface area contributed by atoms with E-state index in [1.54, 1.807) is 0 Å². The molecule has 8 N–H and O–H groups in total. The van der Waals surface area contributed by atoms with Crippen LogP contribution in [0.15, 0.2) is 0 Å². The Labute approximate surface area is 219 Å². The van der Waals surface area contributed by atoms with Crippen molar-refractivity contribution in [2.24, 2.45) is 0 Å². The summed E-state index contributed by atoms with van der Waals surface area (Å²) in [6.45, 7) is -2.48. The van der Waals surface area contributed by atoms with Crippen molar-refractivity contribution in [2.45, 2.75) is 51.4 Å². The number of hydrogen-bond donors (Lipinski definition) is 8. The lowest BCUT2D eigenvalue weighted by atomic mass is 10.1. The summed E-state index contributed by atoms with van der Waals surface area (Å²) in [5.74, 6) is -5.49. The van der Waals surface area contributed by atoms with Crippen LogP contribution in [0.1, 0.15) is 51.4 Å². The summed E-state index contributed by atoms with van der Waals surface area (Å²) in [7, 11) is 0. The fourth-order valence-electron chi connectivity index (χ4n) is 2.77. The minimum Gasteiger partial charge on any atom is -0.480 e. The maximum absolute atomic E-state index is 11.8. The zero-order valence-electron chi connectivity index (χ0n) is 21.1. The van der Waals surface area contributed by atoms with Crippen molar-refractivity contribution in [2.75, 3.05) is 39.3 Å². The first-order chi connectivity index (χ1) is 18.0. The zero-order valence-corrected chi connectivity index (χ0v) is 21.1. The number of carbonyl (C=O) groups excluding carboxylic acids is 6. The van der Waals surface area contributed by atoms with Crippen molar-refractivity contribution in [3.05, 3.63) is 0 Å². The highest BCUT2D eigenvalue weighted by atomic mass is 16.4. The highest BCUT2D eigenvalue weighted by Crippen LogP contribution is 2.08. The molecule has 0 aliphatic rings. The van der Waals surface area contributed by atoms with E-state index >= 15 is 0 Å². The van der Waals surface area contributed by atoms with E-state index in [0.29, 0.717) is 12.8 Å². The molecule has 0 bridgehead atoms. The topological polar surface area (TPSA) is 249 Å². The van der Waals surface area contributed by atoms with Gasteiger partial charge < -0.3 is 42.1 Å². The van der Waals surface area contributed by atoms with Gasteiger partial charge >= 0.3 is 11.9 Å². The average Bonchev–Trinajstić information content (AvgIpc) is 2.87. The first-order valence-corrected chi connectivity index (χ1v) is 12.0. The number of unbranched alkanes of at least 4 members (excludes halogenated alkanes) is 5. The Morgan fingerprint density at radius 1 is 0.342 bits per heavy atom. The summed E-state index contributed by atoms with van der Waals surface area (Å²) in [5, 5.41) is 30.4. The molecule has 0 aliphatic heterocycles. The highest BCUT2D eigenvalue weighted by molar-refractivity contribution is 5.90. The van der Waals surface area contributed by atoms with Gasteiger partial charge in [-0.1, -0.05) is 25.7 Å². The summed E-state index contributed by atoms with van der Waals surface area (Å²) in [4.78, 5) is 89.9. The Morgan fingerprint density at radius 2 is 0.579 bits per heavy atom. The predicted molar refractivity (Wildman–Crippen MR) is 130 cm³/mol. The van der Waals surface area contributed by atoms with E-state index in [4.69, 9.17) is 10.2 Å². The molecule has 0 rings (SSSR count). The lowest BCUT2D eigenvalue weighted by molar-refractivity contribution is -0.138. The summed E-state index contributed by atoms with van der Waals surface area (Å²) in [6.07, 6.45) is 4.99. The van der Waals surface area contributed by atoms with E-state index in [1.807, 2.05) is 0 Å². The van der Waals surface area contributed by atoms with Gasteiger partial charge in [0.1, 0.15) is 13.1 Å². The van der Waals surface area contributed by atoms with Gasteiger partial charge in [0, 0.05) is 12.8 Å². The van der Waals surface area contributed by atoms with E-state index in [-0.39, 0.29) is 37.7 Å². The van der Waals surface area contributed by atoms with Gasteiger partial charge in [-0.2, -0.15) is 0 Å². The molecule has 0 heterocycles. The van der Waals surface area contributed by atoms with Gasteiger partial charge in [-0.15, -0.1) is 0 Å². The molecule has 16 heteroatoms. The number of carbonyl (C=O) groups is 8. The lowest BCUT2D eigenvalue weighted by Gasteiger charge is -2.07. The van der Waals surface area contributed by atoms with Gasteiger partial charge in [0.15, 0.2) is 0 Å². The molecule has 0 radical (unpaired) electrons. The number of amides is 6. The number of carboxylic acids is 2. The van der Waals surface area contributed by atoms with Crippen molar-refractivity contribution >= 4 is 47.4 Å². The molecular weight excluding hydrogens is 508 g/mol. The van der Waals surface area contributed by atoms with E-state index in [0.717, 1.165) is 25.7 Å². The Bertz CT molecular complexity index is 780. The quantitative estimate of drug-likeness (QED) is 0.0679. The van der Waals surface area contributed by atoms with E-state index in [9.17, 15) is 38.4 Å². The zero-order chi connectivity index (χ0) is 28.8. The monoisotopic (exact) mass is 544 g/mol. The molecular formula is C22H36N6O10. The van der Waals surface area contributed by atoms with Crippen LogP contribution in [0.4, 0.5) is 0 Å².